The van der Waals surface area contributed by atoms with Gasteiger partial charge in [0.25, 0.3) is 0 Å². The summed E-state index contributed by atoms with van der Waals surface area (Å²) in [5.41, 5.74) is -0.393. The Bertz CT molecular complexity index is 211. The van der Waals surface area contributed by atoms with Crippen LogP contribution in [0.1, 0.15) is 64.7 Å². The third kappa shape index (κ3) is 3.21. The van der Waals surface area contributed by atoms with Crippen LogP contribution in [0.4, 0.5) is 0 Å². The summed E-state index contributed by atoms with van der Waals surface area (Å²) in [5, 5.41) is 14.1. The average Bonchev–Trinajstić information content (AvgIpc) is 2.29. The van der Waals surface area contributed by atoms with Crippen molar-refractivity contribution in [3.8, 4) is 0 Å². The van der Waals surface area contributed by atoms with E-state index in [9.17, 15) is 5.11 Å². The molecule has 0 amide bonds. The van der Waals surface area contributed by atoms with Crippen molar-refractivity contribution in [2.45, 2.75) is 76.4 Å². The average molecular weight is 225 g/mol. The summed E-state index contributed by atoms with van der Waals surface area (Å²) in [4.78, 5) is 0. The lowest BCUT2D eigenvalue weighted by Crippen LogP contribution is -2.48. The second-order valence-electron chi connectivity index (χ2n) is 6.03. The zero-order chi connectivity index (χ0) is 11.4. The van der Waals surface area contributed by atoms with Gasteiger partial charge in [0.2, 0.25) is 0 Å². The minimum absolute atomic E-state index is 0.393. The van der Waals surface area contributed by atoms with Gasteiger partial charge in [-0.3, -0.25) is 0 Å². The van der Waals surface area contributed by atoms with Gasteiger partial charge in [-0.15, -0.1) is 0 Å². The Balaban J connectivity index is 1.76. The molecule has 2 N–H and O–H groups in total. The minimum atomic E-state index is -0.393. The zero-order valence-electron chi connectivity index (χ0n) is 10.7. The van der Waals surface area contributed by atoms with Crippen LogP contribution in [0.3, 0.4) is 0 Å². The van der Waals surface area contributed by atoms with Crippen LogP contribution in [-0.4, -0.2) is 23.3 Å². The molecule has 2 atom stereocenters. The number of rotatable bonds is 3. The van der Waals surface area contributed by atoms with Crippen LogP contribution in [0.25, 0.3) is 0 Å². The molecule has 0 aromatic rings. The van der Waals surface area contributed by atoms with Gasteiger partial charge in [-0.05, 0) is 31.6 Å². The monoisotopic (exact) mass is 225 g/mol. The molecule has 2 aliphatic rings. The van der Waals surface area contributed by atoms with E-state index in [-0.39, 0.29) is 0 Å². The fourth-order valence-corrected chi connectivity index (χ4v) is 3.33. The lowest BCUT2D eigenvalue weighted by Gasteiger charge is -2.36. The van der Waals surface area contributed by atoms with Gasteiger partial charge in [-0.2, -0.15) is 0 Å². The van der Waals surface area contributed by atoms with Gasteiger partial charge in [0.1, 0.15) is 0 Å². The highest BCUT2D eigenvalue weighted by Gasteiger charge is 2.30. The maximum Gasteiger partial charge on any atom is 0.0771 e. The molecule has 0 heterocycles. The van der Waals surface area contributed by atoms with Gasteiger partial charge in [0.15, 0.2) is 0 Å². The van der Waals surface area contributed by atoms with Gasteiger partial charge in [0, 0.05) is 12.6 Å². The van der Waals surface area contributed by atoms with E-state index in [2.05, 4.69) is 12.2 Å². The number of nitrogens with one attached hydrogen (secondary N) is 1. The van der Waals surface area contributed by atoms with E-state index >= 15 is 0 Å². The Morgan fingerprint density at radius 2 is 1.75 bits per heavy atom. The van der Waals surface area contributed by atoms with E-state index < -0.39 is 5.60 Å². The SMILES string of the molecule is CC1CCCCC1NCC1(O)CCCCC1. The van der Waals surface area contributed by atoms with Crippen molar-refractivity contribution in [2.75, 3.05) is 6.54 Å². The number of hydrogen-bond donors (Lipinski definition) is 2. The van der Waals surface area contributed by atoms with Crippen LogP contribution in [0.15, 0.2) is 0 Å². The summed E-state index contributed by atoms with van der Waals surface area (Å²) in [6.07, 6.45) is 11.1. The molecule has 2 rings (SSSR count). The lowest BCUT2D eigenvalue weighted by atomic mass is 9.82. The molecule has 2 fully saturated rings. The molecule has 94 valence electrons. The molecular formula is C14H27NO. The van der Waals surface area contributed by atoms with Gasteiger partial charge >= 0.3 is 0 Å². The second-order valence-corrected chi connectivity index (χ2v) is 6.03. The van der Waals surface area contributed by atoms with Crippen LogP contribution in [0.5, 0.6) is 0 Å². The van der Waals surface area contributed by atoms with Gasteiger partial charge < -0.3 is 10.4 Å². The van der Waals surface area contributed by atoms with E-state index in [0.29, 0.717) is 6.04 Å². The molecule has 2 saturated carbocycles. The first kappa shape index (κ1) is 12.4. The molecule has 16 heavy (non-hydrogen) atoms. The molecule has 2 heteroatoms. The number of hydrogen-bond acceptors (Lipinski definition) is 2. The highest BCUT2D eigenvalue weighted by atomic mass is 16.3. The summed E-state index contributed by atoms with van der Waals surface area (Å²) in [7, 11) is 0. The van der Waals surface area contributed by atoms with Crippen molar-refractivity contribution in [3.63, 3.8) is 0 Å². The molecular weight excluding hydrogens is 198 g/mol. The molecule has 0 aliphatic heterocycles. The maximum atomic E-state index is 10.4. The van der Waals surface area contributed by atoms with Crippen molar-refractivity contribution in [3.05, 3.63) is 0 Å². The normalized spacial score (nSPS) is 34.9. The molecule has 0 spiro atoms. The summed E-state index contributed by atoms with van der Waals surface area (Å²) in [6, 6.07) is 0.653. The van der Waals surface area contributed by atoms with Crippen LogP contribution in [0.2, 0.25) is 0 Å². The van der Waals surface area contributed by atoms with E-state index in [1.807, 2.05) is 0 Å². The Labute approximate surface area is 99.8 Å². The van der Waals surface area contributed by atoms with Crippen LogP contribution in [0, 0.1) is 5.92 Å². The van der Waals surface area contributed by atoms with E-state index in [1.165, 1.54) is 44.9 Å². The molecule has 0 aromatic carbocycles. The van der Waals surface area contributed by atoms with Crippen LogP contribution >= 0.6 is 0 Å². The van der Waals surface area contributed by atoms with E-state index in [0.717, 1.165) is 25.3 Å². The highest BCUT2D eigenvalue weighted by molar-refractivity contribution is 4.87. The van der Waals surface area contributed by atoms with Crippen molar-refractivity contribution in [1.82, 2.24) is 5.32 Å². The van der Waals surface area contributed by atoms with Gasteiger partial charge in [0.05, 0.1) is 5.60 Å². The first-order chi connectivity index (χ1) is 7.70. The Hall–Kier alpha value is -0.0800. The molecule has 0 bridgehead atoms. The van der Waals surface area contributed by atoms with Crippen molar-refractivity contribution in [1.29, 1.82) is 0 Å². The highest BCUT2D eigenvalue weighted by Crippen LogP contribution is 2.29. The van der Waals surface area contributed by atoms with Gasteiger partial charge in [-0.25, -0.2) is 0 Å². The van der Waals surface area contributed by atoms with Crippen molar-refractivity contribution in [2.24, 2.45) is 5.92 Å². The molecule has 0 radical (unpaired) electrons. The summed E-state index contributed by atoms with van der Waals surface area (Å²) >= 11 is 0. The van der Waals surface area contributed by atoms with Crippen LogP contribution in [-0.2, 0) is 0 Å². The zero-order valence-corrected chi connectivity index (χ0v) is 10.7. The third-order valence-electron chi connectivity index (χ3n) is 4.59. The smallest absolute Gasteiger partial charge is 0.0771 e. The molecule has 2 unspecified atom stereocenters. The lowest BCUT2D eigenvalue weighted by molar-refractivity contribution is 0.0000592. The first-order valence-corrected chi connectivity index (χ1v) is 7.15. The Morgan fingerprint density at radius 1 is 1.06 bits per heavy atom. The van der Waals surface area contributed by atoms with E-state index in [1.54, 1.807) is 0 Å². The number of aliphatic hydroxyl groups is 1. The predicted molar refractivity (Wildman–Crippen MR) is 67.5 cm³/mol. The van der Waals surface area contributed by atoms with Crippen molar-refractivity contribution >= 4 is 0 Å². The molecule has 0 aromatic heterocycles. The Morgan fingerprint density at radius 3 is 2.44 bits per heavy atom. The molecule has 2 nitrogen and oxygen atoms in total. The topological polar surface area (TPSA) is 32.3 Å². The fraction of sp³-hybridized carbons (Fsp3) is 1.00. The first-order valence-electron chi connectivity index (χ1n) is 7.15. The third-order valence-corrected chi connectivity index (χ3v) is 4.59. The maximum absolute atomic E-state index is 10.4. The molecule has 2 aliphatic carbocycles. The van der Waals surface area contributed by atoms with Crippen LogP contribution < -0.4 is 5.32 Å². The summed E-state index contributed by atoms with van der Waals surface area (Å²) in [5.74, 6) is 0.793. The second kappa shape index (κ2) is 5.50. The largest absolute Gasteiger partial charge is 0.389 e. The van der Waals surface area contributed by atoms with Crippen molar-refractivity contribution < 1.29 is 5.11 Å². The summed E-state index contributed by atoms with van der Waals surface area (Å²) < 4.78 is 0. The Kier molecular flexibility index (Phi) is 4.26. The predicted octanol–water partition coefficient (Wildman–Crippen LogP) is 2.85. The van der Waals surface area contributed by atoms with Gasteiger partial charge in [-0.1, -0.05) is 39.0 Å². The molecule has 0 saturated heterocycles. The minimum Gasteiger partial charge on any atom is -0.389 e. The van der Waals surface area contributed by atoms with E-state index in [4.69, 9.17) is 0 Å². The summed E-state index contributed by atoms with van der Waals surface area (Å²) in [6.45, 7) is 3.17. The quantitative estimate of drug-likeness (QED) is 0.774. The fourth-order valence-electron chi connectivity index (χ4n) is 3.33. The standard InChI is InChI=1S/C14H27NO/c1-12-7-3-4-8-13(12)15-11-14(16)9-5-2-6-10-14/h12-13,15-16H,2-11H2,1H3.